The van der Waals surface area contributed by atoms with Crippen molar-refractivity contribution < 1.29 is 18.4 Å². The highest BCUT2D eigenvalue weighted by Gasteiger charge is 2.31. The molecule has 1 saturated carbocycles. The van der Waals surface area contributed by atoms with E-state index in [-0.39, 0.29) is 30.2 Å². The van der Waals surface area contributed by atoms with E-state index < -0.39 is 6.43 Å². The van der Waals surface area contributed by atoms with Gasteiger partial charge in [-0.1, -0.05) is 12.1 Å². The lowest BCUT2D eigenvalue weighted by atomic mass is 10.1. The Hall–Kier alpha value is -3.47. The molecule has 1 saturated heterocycles. The van der Waals surface area contributed by atoms with Crippen molar-refractivity contribution in [2.45, 2.75) is 38.2 Å². The average Bonchev–Trinajstić information content (AvgIpc) is 3.57. The van der Waals surface area contributed by atoms with E-state index >= 15 is 0 Å². The summed E-state index contributed by atoms with van der Waals surface area (Å²) in [4.78, 5) is 31.0. The molecular formula is C22H23F2N7O2. The Morgan fingerprint density at radius 3 is 2.61 bits per heavy atom. The minimum Gasteiger partial charge on any atom is -0.334 e. The number of hydroxylamine groups is 1. The first-order chi connectivity index (χ1) is 16.0. The summed E-state index contributed by atoms with van der Waals surface area (Å²) in [5.74, 6) is 0.661. The zero-order valence-corrected chi connectivity index (χ0v) is 18.0. The highest BCUT2D eigenvalue weighted by Crippen LogP contribution is 2.39. The van der Waals surface area contributed by atoms with Crippen LogP contribution in [-0.4, -0.2) is 61.5 Å². The third kappa shape index (κ3) is 4.54. The topological polar surface area (TPSA) is 89.3 Å². The van der Waals surface area contributed by atoms with E-state index in [1.165, 1.54) is 15.9 Å². The second kappa shape index (κ2) is 8.81. The summed E-state index contributed by atoms with van der Waals surface area (Å²) in [7, 11) is 0. The van der Waals surface area contributed by atoms with Crippen molar-refractivity contribution in [3.63, 3.8) is 0 Å². The monoisotopic (exact) mass is 455 g/mol. The third-order valence-corrected chi connectivity index (χ3v) is 5.58. The Balaban J connectivity index is 1.38. The lowest BCUT2D eigenvalue weighted by molar-refractivity contribution is 0.0421. The number of alkyl halides is 2. The summed E-state index contributed by atoms with van der Waals surface area (Å²) in [5, 5.41) is 9.77. The van der Waals surface area contributed by atoms with E-state index in [1.54, 1.807) is 35.5 Å². The van der Waals surface area contributed by atoms with Crippen molar-refractivity contribution in [3.05, 3.63) is 59.8 Å². The highest BCUT2D eigenvalue weighted by atomic mass is 19.3. The molecule has 3 heterocycles. The first-order valence-electron chi connectivity index (χ1n) is 10.9. The number of para-hydroxylation sites is 1. The molecule has 172 valence electrons. The van der Waals surface area contributed by atoms with Crippen LogP contribution in [0.1, 0.15) is 54.0 Å². The van der Waals surface area contributed by atoms with Crippen LogP contribution in [0, 0.1) is 0 Å². The van der Waals surface area contributed by atoms with Gasteiger partial charge in [0.25, 0.3) is 12.3 Å². The zero-order chi connectivity index (χ0) is 22.9. The highest BCUT2D eigenvalue weighted by molar-refractivity contribution is 5.97. The molecule has 0 N–H and O–H groups in total. The van der Waals surface area contributed by atoms with Crippen molar-refractivity contribution in [3.8, 4) is 5.69 Å². The van der Waals surface area contributed by atoms with E-state index in [2.05, 4.69) is 20.2 Å². The largest absolute Gasteiger partial charge is 0.334 e. The fourth-order valence-corrected chi connectivity index (χ4v) is 3.84. The van der Waals surface area contributed by atoms with Crippen molar-refractivity contribution >= 4 is 11.7 Å². The maximum Gasteiger partial charge on any atom is 0.280 e. The number of rotatable bonds is 5. The van der Waals surface area contributed by atoms with Gasteiger partial charge in [-0.15, -0.1) is 0 Å². The molecule has 0 spiro atoms. The molecule has 0 bridgehead atoms. The van der Waals surface area contributed by atoms with Crippen LogP contribution >= 0.6 is 0 Å². The van der Waals surface area contributed by atoms with E-state index in [1.807, 2.05) is 13.0 Å². The van der Waals surface area contributed by atoms with Crippen molar-refractivity contribution in [2.75, 3.05) is 24.7 Å². The molecule has 3 aromatic rings. The normalized spacial score (nSPS) is 19.1. The number of nitrogens with zero attached hydrogens (tertiary/aromatic N) is 7. The summed E-state index contributed by atoms with van der Waals surface area (Å²) in [6, 6.07) is 8.38. The average molecular weight is 455 g/mol. The predicted octanol–water partition coefficient (Wildman–Crippen LogP) is 3.15. The van der Waals surface area contributed by atoms with Gasteiger partial charge in [-0.05, 0) is 31.9 Å². The molecule has 1 atom stereocenters. The Bertz CT molecular complexity index is 1120. The Kier molecular flexibility index (Phi) is 5.71. The molecule has 0 unspecified atom stereocenters. The van der Waals surface area contributed by atoms with E-state index in [0.29, 0.717) is 36.0 Å². The Labute approximate surface area is 188 Å². The Morgan fingerprint density at radius 1 is 1.12 bits per heavy atom. The van der Waals surface area contributed by atoms with Crippen LogP contribution in [0.4, 0.5) is 14.6 Å². The molecule has 2 aromatic heterocycles. The van der Waals surface area contributed by atoms with Gasteiger partial charge in [-0.25, -0.2) is 23.8 Å². The molecule has 1 amide bonds. The minimum absolute atomic E-state index is 0.123. The standard InChI is InChI=1S/C22H23F2N7O2/c1-14-13-29(22(32)16-4-2-3-5-18(16)31-25-8-9-26-31)10-11-30(33-14)19-12-17(20(23)24)27-21(28-19)15-6-7-15/h2-5,8-9,12,14-15,20H,6-7,10-11,13H2,1H3/t14-/m0/s1. The van der Waals surface area contributed by atoms with E-state index in [9.17, 15) is 13.6 Å². The zero-order valence-electron chi connectivity index (χ0n) is 18.0. The third-order valence-electron chi connectivity index (χ3n) is 5.58. The van der Waals surface area contributed by atoms with E-state index in [0.717, 1.165) is 12.8 Å². The number of carbonyl (C=O) groups is 1. The lowest BCUT2D eigenvalue weighted by Crippen LogP contribution is -2.37. The van der Waals surface area contributed by atoms with Gasteiger partial charge in [0.2, 0.25) is 0 Å². The molecule has 2 fully saturated rings. The predicted molar refractivity (Wildman–Crippen MR) is 114 cm³/mol. The van der Waals surface area contributed by atoms with Gasteiger partial charge in [0.1, 0.15) is 17.6 Å². The number of hydrogen-bond acceptors (Lipinski definition) is 7. The van der Waals surface area contributed by atoms with Crippen LogP contribution in [0.5, 0.6) is 0 Å². The minimum atomic E-state index is -2.70. The molecule has 1 aliphatic carbocycles. The van der Waals surface area contributed by atoms with Crippen LogP contribution in [0.15, 0.2) is 42.7 Å². The quantitative estimate of drug-likeness (QED) is 0.584. The van der Waals surface area contributed by atoms with Gasteiger partial charge in [-0.2, -0.15) is 15.0 Å². The van der Waals surface area contributed by atoms with Gasteiger partial charge in [-0.3, -0.25) is 9.63 Å². The molecule has 5 rings (SSSR count). The van der Waals surface area contributed by atoms with Crippen molar-refractivity contribution in [2.24, 2.45) is 0 Å². The van der Waals surface area contributed by atoms with Crippen LogP contribution < -0.4 is 5.06 Å². The van der Waals surface area contributed by atoms with Crippen molar-refractivity contribution in [1.29, 1.82) is 0 Å². The molecule has 1 aromatic carbocycles. The molecule has 2 aliphatic rings. The lowest BCUT2D eigenvalue weighted by Gasteiger charge is -2.23. The molecule has 9 nitrogen and oxygen atoms in total. The van der Waals surface area contributed by atoms with E-state index in [4.69, 9.17) is 4.84 Å². The summed E-state index contributed by atoms with van der Waals surface area (Å²) < 4.78 is 26.9. The second-order valence-corrected chi connectivity index (χ2v) is 8.19. The molecule has 33 heavy (non-hydrogen) atoms. The summed E-state index contributed by atoms with van der Waals surface area (Å²) in [6.45, 7) is 2.77. The van der Waals surface area contributed by atoms with Gasteiger partial charge < -0.3 is 4.90 Å². The van der Waals surface area contributed by atoms with Crippen molar-refractivity contribution in [1.82, 2.24) is 29.9 Å². The molecular weight excluding hydrogens is 432 g/mol. The van der Waals surface area contributed by atoms with Gasteiger partial charge in [0, 0.05) is 25.1 Å². The van der Waals surface area contributed by atoms with Crippen LogP contribution in [0.3, 0.4) is 0 Å². The molecule has 0 radical (unpaired) electrons. The SMILES string of the molecule is C[C@H]1CN(C(=O)c2ccccc2-n2nccn2)CCN(c2cc(C(F)F)nc(C3CC3)n2)O1. The first kappa shape index (κ1) is 21.4. The number of aromatic nitrogens is 5. The maximum absolute atomic E-state index is 13.4. The van der Waals surface area contributed by atoms with Gasteiger partial charge >= 0.3 is 0 Å². The summed E-state index contributed by atoms with van der Waals surface area (Å²) in [5.41, 5.74) is 0.733. The van der Waals surface area contributed by atoms with Crippen LogP contribution in [-0.2, 0) is 4.84 Å². The fourth-order valence-electron chi connectivity index (χ4n) is 3.84. The number of halogens is 2. The summed E-state index contributed by atoms with van der Waals surface area (Å²) in [6.07, 6.45) is 1.82. The summed E-state index contributed by atoms with van der Waals surface area (Å²) >= 11 is 0. The van der Waals surface area contributed by atoms with Gasteiger partial charge in [0.15, 0.2) is 5.82 Å². The first-order valence-corrected chi connectivity index (χ1v) is 10.9. The molecule has 1 aliphatic heterocycles. The van der Waals surface area contributed by atoms with Crippen LogP contribution in [0.2, 0.25) is 0 Å². The number of anilines is 1. The second-order valence-electron chi connectivity index (χ2n) is 8.19. The number of carbonyl (C=O) groups excluding carboxylic acids is 1. The number of benzene rings is 1. The van der Waals surface area contributed by atoms with Gasteiger partial charge in [0.05, 0.1) is 30.2 Å². The smallest absolute Gasteiger partial charge is 0.280 e. The fraction of sp³-hybridized carbons (Fsp3) is 0.409. The number of amides is 1. The maximum atomic E-state index is 13.4. The number of hydrogen-bond donors (Lipinski definition) is 0. The molecule has 11 heteroatoms. The van der Waals surface area contributed by atoms with Crippen LogP contribution in [0.25, 0.3) is 5.69 Å². The Morgan fingerprint density at radius 2 is 1.88 bits per heavy atom.